The van der Waals surface area contributed by atoms with Gasteiger partial charge in [-0.3, -0.25) is 4.79 Å². The first-order valence-corrected chi connectivity index (χ1v) is 8.73. The monoisotopic (exact) mass is 335 g/mol. The van der Waals surface area contributed by atoms with Crippen LogP contribution in [0.25, 0.3) is 11.1 Å². The number of hydrogen-bond donors (Lipinski definition) is 2. The third-order valence-corrected chi connectivity index (χ3v) is 5.30. The maximum atomic E-state index is 12.6. The minimum absolute atomic E-state index is 0.148. The molecule has 1 atom stereocenters. The second kappa shape index (κ2) is 5.85. The molecule has 1 heterocycles. The van der Waals surface area contributed by atoms with E-state index in [0.717, 1.165) is 16.1 Å². The number of nitrogens with one attached hydrogen (secondary N) is 1. The van der Waals surface area contributed by atoms with Crippen LogP contribution in [0.4, 0.5) is 0 Å². The molecule has 3 N–H and O–H groups in total. The normalized spacial score (nSPS) is 14.1. The lowest BCUT2D eigenvalue weighted by Crippen LogP contribution is -2.28. The fraction of sp³-hybridized carbons (Fsp3) is 0.158. The summed E-state index contributed by atoms with van der Waals surface area (Å²) in [6, 6.07) is 16.1. The van der Waals surface area contributed by atoms with Crippen molar-refractivity contribution in [2.24, 2.45) is 5.73 Å². The lowest BCUT2D eigenvalue weighted by atomic mass is 10.1. The van der Waals surface area contributed by atoms with E-state index in [1.54, 1.807) is 5.38 Å². The van der Waals surface area contributed by atoms with Crippen LogP contribution < -0.4 is 11.1 Å². The van der Waals surface area contributed by atoms with Gasteiger partial charge in [0.05, 0.1) is 12.1 Å². The van der Waals surface area contributed by atoms with Gasteiger partial charge in [0.1, 0.15) is 10.7 Å². The molecule has 0 fully saturated rings. The van der Waals surface area contributed by atoms with E-state index in [1.807, 2.05) is 31.2 Å². The molecule has 2 aromatic carbocycles. The van der Waals surface area contributed by atoms with Crippen LogP contribution in [0.2, 0.25) is 0 Å². The Hall–Kier alpha value is -2.50. The van der Waals surface area contributed by atoms with Crippen molar-refractivity contribution in [3.05, 3.63) is 75.7 Å². The molecule has 1 aromatic heterocycles. The summed E-state index contributed by atoms with van der Waals surface area (Å²) in [6.45, 7) is 1.87. The lowest BCUT2D eigenvalue weighted by molar-refractivity contribution is 0.0939. The van der Waals surface area contributed by atoms with Crippen molar-refractivity contribution in [2.45, 2.75) is 19.0 Å². The van der Waals surface area contributed by atoms with Crippen molar-refractivity contribution < 1.29 is 4.79 Å². The minimum Gasteiger partial charge on any atom is -0.340 e. The summed E-state index contributed by atoms with van der Waals surface area (Å²) in [4.78, 5) is 17.0. The lowest BCUT2D eigenvalue weighted by Gasteiger charge is -2.15. The molecule has 0 radical (unpaired) electrons. The van der Waals surface area contributed by atoms with E-state index in [0.29, 0.717) is 5.69 Å². The Labute approximate surface area is 144 Å². The van der Waals surface area contributed by atoms with Gasteiger partial charge in [0, 0.05) is 5.38 Å². The number of carbonyl (C=O) groups is 1. The average Bonchev–Trinajstić information content (AvgIpc) is 3.20. The summed E-state index contributed by atoms with van der Waals surface area (Å²) in [6.07, 6.45) is 0. The van der Waals surface area contributed by atoms with Crippen LogP contribution in [0.1, 0.15) is 45.6 Å². The molecule has 0 saturated carbocycles. The number of hydrogen-bond acceptors (Lipinski definition) is 4. The van der Waals surface area contributed by atoms with Gasteiger partial charge in [-0.2, -0.15) is 0 Å². The van der Waals surface area contributed by atoms with Crippen molar-refractivity contribution >= 4 is 17.2 Å². The third-order valence-electron chi connectivity index (χ3n) is 4.25. The number of aromatic nitrogens is 1. The van der Waals surface area contributed by atoms with E-state index in [-0.39, 0.29) is 18.0 Å². The van der Waals surface area contributed by atoms with Crippen molar-refractivity contribution in [1.82, 2.24) is 10.3 Å². The number of nitrogens with zero attached hydrogens (tertiary/aromatic N) is 1. The van der Waals surface area contributed by atoms with E-state index in [4.69, 9.17) is 5.73 Å². The zero-order valence-corrected chi connectivity index (χ0v) is 14.0. The molecule has 5 heteroatoms. The van der Waals surface area contributed by atoms with E-state index >= 15 is 0 Å². The Morgan fingerprint density at radius 3 is 2.25 bits per heavy atom. The van der Waals surface area contributed by atoms with Gasteiger partial charge in [0.15, 0.2) is 0 Å². The van der Waals surface area contributed by atoms with Gasteiger partial charge >= 0.3 is 0 Å². The van der Waals surface area contributed by atoms with Crippen LogP contribution in [0.3, 0.4) is 0 Å². The fourth-order valence-electron chi connectivity index (χ4n) is 3.12. The summed E-state index contributed by atoms with van der Waals surface area (Å²) >= 11 is 1.42. The van der Waals surface area contributed by atoms with Crippen LogP contribution >= 0.6 is 11.3 Å². The SMILES string of the molecule is CC(N)c1nc(C(=O)NC2c3ccccc3-c3ccccc32)cs1. The Balaban J connectivity index is 1.68. The summed E-state index contributed by atoms with van der Waals surface area (Å²) in [7, 11) is 0. The maximum absolute atomic E-state index is 12.6. The number of fused-ring (bicyclic) bond motifs is 3. The first-order chi connectivity index (χ1) is 11.6. The highest BCUT2D eigenvalue weighted by molar-refractivity contribution is 7.09. The highest BCUT2D eigenvalue weighted by Gasteiger charge is 2.29. The molecule has 120 valence electrons. The van der Waals surface area contributed by atoms with Gasteiger partial charge in [0.2, 0.25) is 0 Å². The van der Waals surface area contributed by atoms with E-state index in [2.05, 4.69) is 34.6 Å². The van der Waals surface area contributed by atoms with Crippen molar-refractivity contribution in [3.8, 4) is 11.1 Å². The molecular formula is C19H17N3OS. The highest BCUT2D eigenvalue weighted by atomic mass is 32.1. The predicted octanol–water partition coefficient (Wildman–Crippen LogP) is 3.66. The molecule has 1 aliphatic rings. The summed E-state index contributed by atoms with van der Waals surface area (Å²) in [5.41, 5.74) is 10.8. The standard InChI is InChI=1S/C19H17N3OS/c1-11(20)19-21-16(10-24-19)18(23)22-17-14-8-4-2-6-12(14)13-7-3-5-9-15(13)17/h2-11,17H,20H2,1H3,(H,22,23). The number of amides is 1. The summed E-state index contributed by atoms with van der Waals surface area (Å²) < 4.78 is 0. The highest BCUT2D eigenvalue weighted by Crippen LogP contribution is 2.43. The molecule has 3 aromatic rings. The summed E-state index contributed by atoms with van der Waals surface area (Å²) in [5.74, 6) is -0.172. The molecule has 4 rings (SSSR count). The van der Waals surface area contributed by atoms with Gasteiger partial charge in [0.25, 0.3) is 5.91 Å². The molecular weight excluding hydrogens is 318 g/mol. The molecule has 0 spiro atoms. The average molecular weight is 335 g/mol. The van der Waals surface area contributed by atoms with Gasteiger partial charge in [-0.1, -0.05) is 48.5 Å². The second-order valence-corrected chi connectivity index (χ2v) is 6.83. The Kier molecular flexibility index (Phi) is 3.67. The smallest absolute Gasteiger partial charge is 0.271 e. The number of benzene rings is 2. The second-order valence-electron chi connectivity index (χ2n) is 5.94. The number of thiazole rings is 1. The first-order valence-electron chi connectivity index (χ1n) is 7.85. The largest absolute Gasteiger partial charge is 0.340 e. The quantitative estimate of drug-likeness (QED) is 0.767. The van der Waals surface area contributed by atoms with Crippen LogP contribution in [0.5, 0.6) is 0 Å². The van der Waals surface area contributed by atoms with Gasteiger partial charge in [-0.25, -0.2) is 4.98 Å². The predicted molar refractivity (Wildman–Crippen MR) is 95.9 cm³/mol. The van der Waals surface area contributed by atoms with Gasteiger partial charge in [-0.15, -0.1) is 11.3 Å². The topological polar surface area (TPSA) is 68.0 Å². The van der Waals surface area contributed by atoms with E-state index in [1.165, 1.54) is 22.5 Å². The number of carbonyl (C=O) groups excluding carboxylic acids is 1. The van der Waals surface area contributed by atoms with Crippen LogP contribution in [0.15, 0.2) is 53.9 Å². The van der Waals surface area contributed by atoms with E-state index < -0.39 is 0 Å². The van der Waals surface area contributed by atoms with Crippen LogP contribution in [0, 0.1) is 0 Å². The van der Waals surface area contributed by atoms with Gasteiger partial charge < -0.3 is 11.1 Å². The maximum Gasteiger partial charge on any atom is 0.271 e. The zero-order valence-electron chi connectivity index (χ0n) is 13.2. The molecule has 4 nitrogen and oxygen atoms in total. The Bertz CT molecular complexity index is 871. The Morgan fingerprint density at radius 2 is 1.71 bits per heavy atom. The van der Waals surface area contributed by atoms with E-state index in [9.17, 15) is 4.79 Å². The third kappa shape index (κ3) is 2.42. The van der Waals surface area contributed by atoms with Crippen molar-refractivity contribution in [1.29, 1.82) is 0 Å². The molecule has 0 aliphatic heterocycles. The van der Waals surface area contributed by atoms with Gasteiger partial charge in [-0.05, 0) is 29.2 Å². The minimum atomic E-state index is -0.172. The molecule has 1 amide bonds. The van der Waals surface area contributed by atoms with Crippen molar-refractivity contribution in [3.63, 3.8) is 0 Å². The Morgan fingerprint density at radius 1 is 1.12 bits per heavy atom. The fourth-order valence-corrected chi connectivity index (χ4v) is 3.87. The number of rotatable bonds is 3. The van der Waals surface area contributed by atoms with Crippen LogP contribution in [-0.4, -0.2) is 10.9 Å². The molecule has 1 aliphatic carbocycles. The number of nitrogens with two attached hydrogens (primary N) is 1. The molecule has 24 heavy (non-hydrogen) atoms. The first kappa shape index (κ1) is 15.1. The summed E-state index contributed by atoms with van der Waals surface area (Å²) in [5, 5.41) is 5.66. The molecule has 1 unspecified atom stereocenters. The molecule has 0 bridgehead atoms. The van der Waals surface area contributed by atoms with Crippen molar-refractivity contribution in [2.75, 3.05) is 0 Å². The molecule has 0 saturated heterocycles. The van der Waals surface area contributed by atoms with Crippen LogP contribution in [-0.2, 0) is 0 Å². The zero-order chi connectivity index (χ0) is 16.7.